The number of benzene rings is 1. The topological polar surface area (TPSA) is 70.5 Å². The Morgan fingerprint density at radius 2 is 1.95 bits per heavy atom. The van der Waals surface area contributed by atoms with Gasteiger partial charge in [0.25, 0.3) is 11.8 Å². The molecule has 0 unspecified atom stereocenters. The first-order valence-corrected chi connectivity index (χ1v) is 5.42. The molecule has 19 heavy (non-hydrogen) atoms. The van der Waals surface area contributed by atoms with Crippen molar-refractivity contribution in [3.05, 3.63) is 53.6 Å². The van der Waals surface area contributed by atoms with Gasteiger partial charge in [0.15, 0.2) is 5.82 Å². The van der Waals surface area contributed by atoms with Crippen molar-refractivity contribution in [3.8, 4) is 5.75 Å². The van der Waals surface area contributed by atoms with E-state index in [1.165, 1.54) is 30.5 Å². The summed E-state index contributed by atoms with van der Waals surface area (Å²) in [6.45, 7) is 0. The van der Waals surface area contributed by atoms with Gasteiger partial charge in [0.1, 0.15) is 11.4 Å². The number of carbonyl (C=O) groups excluding carboxylic acids is 2. The third kappa shape index (κ3) is 1.57. The zero-order chi connectivity index (χ0) is 13.6. The highest BCUT2D eigenvalue weighted by atomic mass is 19.1. The lowest BCUT2D eigenvalue weighted by molar-refractivity contribution is 0.0923. The SMILES string of the molecule is O=C1c2cccnc2C(=O)N1c1ccc(O)cc1F. The van der Waals surface area contributed by atoms with Crippen LogP contribution in [0.25, 0.3) is 0 Å². The van der Waals surface area contributed by atoms with Crippen LogP contribution in [-0.2, 0) is 0 Å². The van der Waals surface area contributed by atoms with E-state index in [-0.39, 0.29) is 22.7 Å². The van der Waals surface area contributed by atoms with Crippen LogP contribution in [0, 0.1) is 5.82 Å². The van der Waals surface area contributed by atoms with Crippen molar-refractivity contribution in [1.29, 1.82) is 0 Å². The summed E-state index contributed by atoms with van der Waals surface area (Å²) in [7, 11) is 0. The molecule has 0 saturated carbocycles. The lowest BCUT2D eigenvalue weighted by Gasteiger charge is -2.14. The minimum absolute atomic E-state index is 0.0000231. The second-order valence-corrected chi connectivity index (χ2v) is 3.98. The van der Waals surface area contributed by atoms with E-state index < -0.39 is 17.6 Å². The van der Waals surface area contributed by atoms with Crippen LogP contribution in [0.15, 0.2) is 36.5 Å². The molecule has 0 atom stereocenters. The van der Waals surface area contributed by atoms with Crippen LogP contribution in [0.1, 0.15) is 20.8 Å². The Bertz CT molecular complexity index is 680. The molecule has 0 fully saturated rings. The molecule has 1 aliphatic rings. The van der Waals surface area contributed by atoms with E-state index in [1.54, 1.807) is 0 Å². The molecule has 1 aromatic heterocycles. The van der Waals surface area contributed by atoms with Gasteiger partial charge in [0.2, 0.25) is 0 Å². The highest BCUT2D eigenvalue weighted by Crippen LogP contribution is 2.30. The molecular formula is C13H7FN2O3. The van der Waals surface area contributed by atoms with Gasteiger partial charge in [-0.3, -0.25) is 14.6 Å². The number of amides is 2. The Balaban J connectivity index is 2.14. The molecule has 1 aromatic carbocycles. The molecule has 5 nitrogen and oxygen atoms in total. The normalized spacial score (nSPS) is 13.8. The van der Waals surface area contributed by atoms with Gasteiger partial charge in [-0.05, 0) is 24.3 Å². The Hall–Kier alpha value is -2.76. The monoisotopic (exact) mass is 258 g/mol. The van der Waals surface area contributed by atoms with E-state index in [1.807, 2.05) is 0 Å². The first-order valence-electron chi connectivity index (χ1n) is 5.42. The van der Waals surface area contributed by atoms with Crippen molar-refractivity contribution in [1.82, 2.24) is 4.98 Å². The summed E-state index contributed by atoms with van der Waals surface area (Å²) < 4.78 is 13.7. The largest absolute Gasteiger partial charge is 0.508 e. The van der Waals surface area contributed by atoms with Gasteiger partial charge in [-0.1, -0.05) is 0 Å². The number of fused-ring (bicyclic) bond motifs is 1. The molecule has 2 amide bonds. The van der Waals surface area contributed by atoms with Crippen molar-refractivity contribution >= 4 is 17.5 Å². The minimum Gasteiger partial charge on any atom is -0.508 e. The fourth-order valence-electron chi connectivity index (χ4n) is 1.96. The lowest BCUT2D eigenvalue weighted by atomic mass is 10.2. The first-order chi connectivity index (χ1) is 9.09. The smallest absolute Gasteiger partial charge is 0.284 e. The summed E-state index contributed by atoms with van der Waals surface area (Å²) in [4.78, 5) is 28.7. The molecule has 6 heteroatoms. The summed E-state index contributed by atoms with van der Waals surface area (Å²) in [6, 6.07) is 6.20. The van der Waals surface area contributed by atoms with Gasteiger partial charge in [0.05, 0.1) is 11.3 Å². The van der Waals surface area contributed by atoms with Crippen LogP contribution < -0.4 is 4.90 Å². The van der Waals surface area contributed by atoms with Crippen molar-refractivity contribution in [2.75, 3.05) is 4.90 Å². The number of aromatic hydroxyl groups is 1. The number of carbonyl (C=O) groups is 2. The summed E-state index contributed by atoms with van der Waals surface area (Å²) in [5.74, 6) is -2.44. The standard InChI is InChI=1S/C13H7FN2O3/c14-9-6-7(17)3-4-10(9)16-12(18)8-2-1-5-15-11(8)13(16)19/h1-6,17H. The molecule has 0 saturated heterocycles. The summed E-state index contributed by atoms with van der Waals surface area (Å²) in [5.41, 5.74) is -0.0641. The predicted molar refractivity (Wildman–Crippen MR) is 63.4 cm³/mol. The second-order valence-electron chi connectivity index (χ2n) is 3.98. The number of anilines is 1. The number of hydrogen-bond acceptors (Lipinski definition) is 4. The fraction of sp³-hybridized carbons (Fsp3) is 0. The van der Waals surface area contributed by atoms with Crippen molar-refractivity contribution in [2.45, 2.75) is 0 Å². The Labute approximate surface area is 106 Å². The maximum Gasteiger partial charge on any atom is 0.284 e. The van der Waals surface area contributed by atoms with E-state index in [4.69, 9.17) is 5.11 Å². The number of aromatic nitrogens is 1. The van der Waals surface area contributed by atoms with Gasteiger partial charge >= 0.3 is 0 Å². The van der Waals surface area contributed by atoms with Crippen LogP contribution >= 0.6 is 0 Å². The quantitative estimate of drug-likeness (QED) is 0.791. The zero-order valence-electron chi connectivity index (χ0n) is 9.50. The van der Waals surface area contributed by atoms with Crippen LogP contribution in [0.4, 0.5) is 10.1 Å². The molecule has 0 radical (unpaired) electrons. The van der Waals surface area contributed by atoms with Crippen LogP contribution in [0.2, 0.25) is 0 Å². The lowest BCUT2D eigenvalue weighted by Crippen LogP contribution is -2.30. The summed E-state index contributed by atoms with van der Waals surface area (Å²) >= 11 is 0. The summed E-state index contributed by atoms with van der Waals surface area (Å²) in [6.07, 6.45) is 1.39. The van der Waals surface area contributed by atoms with Gasteiger partial charge < -0.3 is 5.11 Å². The minimum atomic E-state index is -0.852. The Morgan fingerprint density at radius 1 is 1.16 bits per heavy atom. The van der Waals surface area contributed by atoms with Gasteiger partial charge in [-0.2, -0.15) is 0 Å². The maximum atomic E-state index is 13.7. The highest BCUT2D eigenvalue weighted by Gasteiger charge is 2.38. The number of halogens is 1. The van der Waals surface area contributed by atoms with E-state index in [9.17, 15) is 14.0 Å². The fourth-order valence-corrected chi connectivity index (χ4v) is 1.96. The second kappa shape index (κ2) is 3.88. The molecule has 1 aliphatic heterocycles. The predicted octanol–water partition coefficient (Wildman–Crippen LogP) is 1.73. The van der Waals surface area contributed by atoms with Crippen molar-refractivity contribution in [2.24, 2.45) is 0 Å². The number of pyridine rings is 1. The molecule has 2 aromatic rings. The molecule has 0 spiro atoms. The Kier molecular flexibility index (Phi) is 2.31. The highest BCUT2D eigenvalue weighted by molar-refractivity contribution is 6.33. The van der Waals surface area contributed by atoms with Crippen LogP contribution in [0.3, 0.4) is 0 Å². The Morgan fingerprint density at radius 3 is 2.63 bits per heavy atom. The van der Waals surface area contributed by atoms with Gasteiger partial charge in [-0.25, -0.2) is 9.29 Å². The van der Waals surface area contributed by atoms with Gasteiger partial charge in [-0.15, -0.1) is 0 Å². The molecule has 2 heterocycles. The third-order valence-corrected chi connectivity index (χ3v) is 2.82. The van der Waals surface area contributed by atoms with Crippen molar-refractivity contribution < 1.29 is 19.1 Å². The number of imide groups is 1. The third-order valence-electron chi connectivity index (χ3n) is 2.82. The zero-order valence-corrected chi connectivity index (χ0v) is 9.50. The molecule has 94 valence electrons. The number of hydrogen-bond donors (Lipinski definition) is 1. The number of rotatable bonds is 1. The maximum absolute atomic E-state index is 13.7. The van der Waals surface area contributed by atoms with Crippen molar-refractivity contribution in [3.63, 3.8) is 0 Å². The molecule has 3 rings (SSSR count). The number of phenolic OH excluding ortho intramolecular Hbond substituents is 1. The average Bonchev–Trinajstić information content (AvgIpc) is 2.64. The molecule has 0 bridgehead atoms. The molecule has 1 N–H and O–H groups in total. The van der Waals surface area contributed by atoms with Crippen LogP contribution in [0.5, 0.6) is 5.75 Å². The van der Waals surface area contributed by atoms with E-state index in [2.05, 4.69) is 4.98 Å². The molecular weight excluding hydrogens is 251 g/mol. The van der Waals surface area contributed by atoms with Crippen LogP contribution in [-0.4, -0.2) is 21.9 Å². The first kappa shape index (κ1) is 11.3. The average molecular weight is 258 g/mol. The van der Waals surface area contributed by atoms with E-state index >= 15 is 0 Å². The number of nitrogens with zero attached hydrogens (tertiary/aromatic N) is 2. The van der Waals surface area contributed by atoms with E-state index in [0.29, 0.717) is 4.90 Å². The number of phenols is 1. The van der Waals surface area contributed by atoms with Gasteiger partial charge in [0, 0.05) is 12.3 Å². The van der Waals surface area contributed by atoms with E-state index in [0.717, 1.165) is 6.07 Å². The summed E-state index contributed by atoms with van der Waals surface area (Å²) in [5, 5.41) is 9.14. The molecule has 0 aliphatic carbocycles.